The Kier molecular flexibility index (Phi) is 7.61. The second-order valence-corrected chi connectivity index (χ2v) is 7.62. The summed E-state index contributed by atoms with van der Waals surface area (Å²) in [5, 5.41) is 12.0. The molecule has 2 aromatic heterocycles. The number of aromatic nitrogens is 3. The Hall–Kier alpha value is -4.05. The smallest absolute Gasteiger partial charge is 0.318 e. The van der Waals surface area contributed by atoms with Crippen LogP contribution in [0.1, 0.15) is 11.4 Å². The summed E-state index contributed by atoms with van der Waals surface area (Å²) in [4.78, 5) is 40.1. The summed E-state index contributed by atoms with van der Waals surface area (Å²) < 4.78 is 11.2. The highest BCUT2D eigenvalue weighted by Gasteiger charge is 2.20. The number of carbonyl (C=O) groups excluding carboxylic acids is 2. The van der Waals surface area contributed by atoms with Crippen LogP contribution in [0.2, 0.25) is 0 Å². The van der Waals surface area contributed by atoms with Gasteiger partial charge < -0.3 is 24.8 Å². The van der Waals surface area contributed by atoms with Crippen molar-refractivity contribution in [1.29, 1.82) is 0 Å². The molecule has 1 aliphatic heterocycles. The summed E-state index contributed by atoms with van der Waals surface area (Å²) in [6.07, 6.45) is 2.07. The summed E-state index contributed by atoms with van der Waals surface area (Å²) in [6, 6.07) is 13.5. The molecule has 0 atom stereocenters. The predicted molar refractivity (Wildman–Crippen MR) is 124 cm³/mol. The van der Waals surface area contributed by atoms with E-state index in [9.17, 15) is 14.7 Å². The molecule has 34 heavy (non-hydrogen) atoms. The van der Waals surface area contributed by atoms with Crippen molar-refractivity contribution in [2.75, 3.05) is 43.1 Å². The number of Topliss-reactive ketones (excluding diaryl/α,β-unsaturated/α-hetero) is 1. The SMILES string of the molecule is O=C(Cc1cc(N2CCOCC2)nc(OCCc2ccccn2)n1)C(=O)Nc1cccc(O)c1. The molecular weight excluding hydrogens is 438 g/mol. The van der Waals surface area contributed by atoms with E-state index in [2.05, 4.69) is 20.3 Å². The van der Waals surface area contributed by atoms with Crippen molar-refractivity contribution in [3.8, 4) is 11.8 Å². The molecule has 0 unspecified atom stereocenters. The predicted octanol–water partition coefficient (Wildman–Crippen LogP) is 1.79. The second-order valence-electron chi connectivity index (χ2n) is 7.62. The first-order valence-corrected chi connectivity index (χ1v) is 10.9. The molecule has 0 bridgehead atoms. The van der Waals surface area contributed by atoms with Crippen molar-refractivity contribution < 1.29 is 24.2 Å². The topological polar surface area (TPSA) is 127 Å². The van der Waals surface area contributed by atoms with Gasteiger partial charge in [-0.1, -0.05) is 12.1 Å². The van der Waals surface area contributed by atoms with Crippen molar-refractivity contribution >= 4 is 23.2 Å². The lowest BCUT2D eigenvalue weighted by Gasteiger charge is -2.28. The number of ether oxygens (including phenoxy) is 2. The van der Waals surface area contributed by atoms with Gasteiger partial charge in [0.25, 0.3) is 5.91 Å². The molecular formula is C24H25N5O5. The average Bonchev–Trinajstić information content (AvgIpc) is 2.85. The van der Waals surface area contributed by atoms with Gasteiger partial charge in [-0.05, 0) is 24.3 Å². The van der Waals surface area contributed by atoms with Gasteiger partial charge in [-0.3, -0.25) is 14.6 Å². The fourth-order valence-corrected chi connectivity index (χ4v) is 3.39. The number of benzene rings is 1. The summed E-state index contributed by atoms with van der Waals surface area (Å²) >= 11 is 0. The van der Waals surface area contributed by atoms with E-state index in [0.29, 0.717) is 56.5 Å². The lowest BCUT2D eigenvalue weighted by molar-refractivity contribution is -0.134. The fraction of sp³-hybridized carbons (Fsp3) is 0.292. The molecule has 4 rings (SSSR count). The number of morpholine rings is 1. The number of phenolic OH excluding ortho intramolecular Hbond substituents is 1. The minimum absolute atomic E-state index is 0.0105. The number of hydrogen-bond acceptors (Lipinski definition) is 9. The minimum atomic E-state index is -0.797. The van der Waals surface area contributed by atoms with Crippen molar-refractivity contribution in [3.63, 3.8) is 0 Å². The highest BCUT2D eigenvalue weighted by Crippen LogP contribution is 2.19. The number of amides is 1. The largest absolute Gasteiger partial charge is 0.508 e. The Morgan fingerprint density at radius 2 is 1.91 bits per heavy atom. The van der Waals surface area contributed by atoms with Crippen LogP contribution in [0.15, 0.2) is 54.7 Å². The standard InChI is InChI=1S/C24H25N5O5/c30-20-6-3-5-18(14-20)26-23(32)21(31)15-19-16-22(29-9-12-33-13-10-29)28-24(27-19)34-11-7-17-4-1-2-8-25-17/h1-6,8,14,16,30H,7,9-13,15H2,(H,26,32). The van der Waals surface area contributed by atoms with Crippen LogP contribution in [0.4, 0.5) is 11.5 Å². The first kappa shape index (κ1) is 23.1. The summed E-state index contributed by atoms with van der Waals surface area (Å²) in [6.45, 7) is 2.75. The number of aromatic hydroxyl groups is 1. The van der Waals surface area contributed by atoms with Crippen molar-refractivity contribution in [2.24, 2.45) is 0 Å². The highest BCUT2D eigenvalue weighted by molar-refractivity contribution is 6.41. The lowest BCUT2D eigenvalue weighted by Crippen LogP contribution is -2.37. The molecule has 0 aliphatic carbocycles. The number of nitrogens with one attached hydrogen (secondary N) is 1. The van der Waals surface area contributed by atoms with Crippen molar-refractivity contribution in [3.05, 3.63) is 66.1 Å². The van der Waals surface area contributed by atoms with Gasteiger partial charge in [0, 0.05) is 49.2 Å². The third-order valence-corrected chi connectivity index (χ3v) is 5.09. The third kappa shape index (κ3) is 6.48. The van der Waals surface area contributed by atoms with Crippen LogP contribution in [-0.2, 0) is 27.2 Å². The zero-order valence-corrected chi connectivity index (χ0v) is 18.5. The van der Waals surface area contributed by atoms with Gasteiger partial charge in [0.15, 0.2) is 0 Å². The van der Waals surface area contributed by atoms with E-state index in [1.807, 2.05) is 23.1 Å². The Morgan fingerprint density at radius 1 is 1.06 bits per heavy atom. The molecule has 1 aromatic carbocycles. The van der Waals surface area contributed by atoms with Gasteiger partial charge in [0.05, 0.1) is 31.9 Å². The minimum Gasteiger partial charge on any atom is -0.508 e. The number of ketones is 1. The van der Waals surface area contributed by atoms with Crippen LogP contribution in [0.25, 0.3) is 0 Å². The van der Waals surface area contributed by atoms with Crippen LogP contribution < -0.4 is 15.0 Å². The number of rotatable bonds is 9. The summed E-state index contributed by atoms with van der Waals surface area (Å²) in [5.41, 5.74) is 1.58. The maximum absolute atomic E-state index is 12.6. The summed E-state index contributed by atoms with van der Waals surface area (Å²) in [7, 11) is 0. The quantitative estimate of drug-likeness (QED) is 0.457. The molecule has 3 aromatic rings. The van der Waals surface area contributed by atoms with Crippen LogP contribution in [0, 0.1) is 0 Å². The lowest BCUT2D eigenvalue weighted by atomic mass is 10.2. The molecule has 1 saturated heterocycles. The highest BCUT2D eigenvalue weighted by atomic mass is 16.5. The zero-order chi connectivity index (χ0) is 23.8. The molecule has 10 heteroatoms. The van der Waals surface area contributed by atoms with Gasteiger partial charge in [0.2, 0.25) is 5.78 Å². The van der Waals surface area contributed by atoms with E-state index in [1.54, 1.807) is 24.4 Å². The van der Waals surface area contributed by atoms with Gasteiger partial charge in [-0.25, -0.2) is 0 Å². The molecule has 1 fully saturated rings. The molecule has 10 nitrogen and oxygen atoms in total. The van der Waals surface area contributed by atoms with E-state index in [-0.39, 0.29) is 18.2 Å². The Bertz CT molecular complexity index is 1140. The number of nitrogens with zero attached hydrogens (tertiary/aromatic N) is 4. The molecule has 176 valence electrons. The van der Waals surface area contributed by atoms with Gasteiger partial charge in [-0.2, -0.15) is 9.97 Å². The Morgan fingerprint density at radius 3 is 2.68 bits per heavy atom. The number of phenols is 1. The molecule has 0 radical (unpaired) electrons. The molecule has 1 aliphatic rings. The number of pyridine rings is 1. The van der Waals surface area contributed by atoms with Gasteiger partial charge in [-0.15, -0.1) is 0 Å². The average molecular weight is 463 g/mol. The Labute approximate surface area is 196 Å². The van der Waals surface area contributed by atoms with E-state index < -0.39 is 11.7 Å². The van der Waals surface area contributed by atoms with Crippen LogP contribution in [0.3, 0.4) is 0 Å². The number of carbonyl (C=O) groups is 2. The van der Waals surface area contributed by atoms with E-state index in [0.717, 1.165) is 5.69 Å². The van der Waals surface area contributed by atoms with E-state index >= 15 is 0 Å². The fourth-order valence-electron chi connectivity index (χ4n) is 3.39. The second kappa shape index (κ2) is 11.2. The molecule has 0 saturated carbocycles. The first-order valence-electron chi connectivity index (χ1n) is 10.9. The van der Waals surface area contributed by atoms with Gasteiger partial charge in [0.1, 0.15) is 11.6 Å². The summed E-state index contributed by atoms with van der Waals surface area (Å²) in [5.74, 6) is -0.866. The Balaban J connectivity index is 1.46. The van der Waals surface area contributed by atoms with Crippen LogP contribution in [0.5, 0.6) is 11.8 Å². The van der Waals surface area contributed by atoms with E-state index in [4.69, 9.17) is 9.47 Å². The van der Waals surface area contributed by atoms with E-state index in [1.165, 1.54) is 12.1 Å². The third-order valence-electron chi connectivity index (χ3n) is 5.09. The maximum Gasteiger partial charge on any atom is 0.318 e. The number of hydrogen-bond donors (Lipinski definition) is 2. The molecule has 2 N–H and O–H groups in total. The maximum atomic E-state index is 12.6. The molecule has 0 spiro atoms. The van der Waals surface area contributed by atoms with Crippen LogP contribution >= 0.6 is 0 Å². The number of anilines is 2. The van der Waals surface area contributed by atoms with Gasteiger partial charge >= 0.3 is 6.01 Å². The molecule has 1 amide bonds. The first-order chi connectivity index (χ1) is 16.6. The van der Waals surface area contributed by atoms with Crippen molar-refractivity contribution in [1.82, 2.24) is 15.0 Å². The van der Waals surface area contributed by atoms with Crippen molar-refractivity contribution in [2.45, 2.75) is 12.8 Å². The monoisotopic (exact) mass is 463 g/mol. The zero-order valence-electron chi connectivity index (χ0n) is 18.5. The molecule has 3 heterocycles. The normalized spacial score (nSPS) is 13.4. The van der Waals surface area contributed by atoms with Crippen LogP contribution in [-0.4, -0.2) is 64.7 Å².